The van der Waals surface area contributed by atoms with Crippen LogP contribution >= 0.6 is 23.5 Å². The van der Waals surface area contributed by atoms with E-state index in [1.807, 2.05) is 72.8 Å². The van der Waals surface area contributed by atoms with E-state index in [0.717, 1.165) is 11.1 Å². The van der Waals surface area contributed by atoms with Crippen molar-refractivity contribution < 1.29 is 26.3 Å². The van der Waals surface area contributed by atoms with Gasteiger partial charge in [-0.2, -0.15) is 36.9 Å². The molecule has 14 heteroatoms. The van der Waals surface area contributed by atoms with Crippen LogP contribution in [0.4, 0.5) is 38.0 Å². The van der Waals surface area contributed by atoms with E-state index in [1.165, 1.54) is 12.4 Å². The minimum atomic E-state index is -4.26. The minimum Gasteiger partial charge on any atom is -0.365 e. The number of nitrogens with zero attached hydrogens (tertiary/aromatic N) is 4. The molecule has 4 rings (SSSR count). The van der Waals surface area contributed by atoms with E-state index in [0.29, 0.717) is 69.2 Å². The highest BCUT2D eigenvalue weighted by atomic mass is 32.2. The van der Waals surface area contributed by atoms with Crippen LogP contribution in [0, 0.1) is 36.5 Å². The molecule has 0 spiro atoms. The summed E-state index contributed by atoms with van der Waals surface area (Å²) in [6.45, 7) is 4.23. The van der Waals surface area contributed by atoms with Crippen LogP contribution in [-0.2, 0) is 13.1 Å². The van der Waals surface area contributed by atoms with Gasteiger partial charge in [-0.05, 0) is 36.1 Å². The third-order valence-corrected chi connectivity index (χ3v) is 8.58. The van der Waals surface area contributed by atoms with Crippen LogP contribution < -0.4 is 10.6 Å². The van der Waals surface area contributed by atoms with Gasteiger partial charge in [0.25, 0.3) is 0 Å². The monoisotopic (exact) mass is 674 g/mol. The van der Waals surface area contributed by atoms with Gasteiger partial charge in [0.15, 0.2) is 0 Å². The van der Waals surface area contributed by atoms with Gasteiger partial charge < -0.3 is 10.6 Å². The predicted octanol–water partition coefficient (Wildman–Crippen LogP) is 9.06. The highest BCUT2D eigenvalue weighted by Crippen LogP contribution is 2.33. The van der Waals surface area contributed by atoms with Crippen LogP contribution in [0.1, 0.15) is 33.4 Å². The molecule has 0 fully saturated rings. The third-order valence-electron chi connectivity index (χ3n) is 6.20. The van der Waals surface area contributed by atoms with Gasteiger partial charge in [0.2, 0.25) is 0 Å². The Morgan fingerprint density at radius 3 is 1.28 bits per heavy atom. The summed E-state index contributed by atoms with van der Waals surface area (Å²) in [5.74, 6) is -1.25. The Labute approximate surface area is 271 Å². The highest BCUT2D eigenvalue weighted by Gasteiger charge is 2.29. The molecule has 2 aromatic heterocycles. The molecule has 2 aromatic carbocycles. The summed E-state index contributed by atoms with van der Waals surface area (Å²) in [6, 6.07) is 23.2. The number of thioether (sulfide) groups is 2. The van der Waals surface area contributed by atoms with Gasteiger partial charge in [0, 0.05) is 35.3 Å². The van der Waals surface area contributed by atoms with Gasteiger partial charge in [-0.1, -0.05) is 60.7 Å². The smallest absolute Gasteiger partial charge is 0.365 e. The molecule has 0 saturated heterocycles. The number of nitrogens with one attached hydrogen (secondary N) is 2. The zero-order chi connectivity index (χ0) is 33.7. The minimum absolute atomic E-state index is 0.271. The number of anilines is 2. The zero-order valence-electron chi connectivity index (χ0n) is 24.6. The van der Waals surface area contributed by atoms with Crippen molar-refractivity contribution in [1.82, 2.24) is 9.97 Å². The van der Waals surface area contributed by atoms with Gasteiger partial charge in [-0.3, -0.25) is 0 Å². The molecule has 6 nitrogen and oxygen atoms in total. The molecule has 46 heavy (non-hydrogen) atoms. The van der Waals surface area contributed by atoms with E-state index in [2.05, 4.69) is 20.6 Å². The van der Waals surface area contributed by atoms with Crippen LogP contribution in [0.3, 0.4) is 0 Å². The fourth-order valence-corrected chi connectivity index (χ4v) is 5.42. The molecule has 0 unspecified atom stereocenters. The number of hydrogen-bond acceptors (Lipinski definition) is 8. The van der Waals surface area contributed by atoms with Gasteiger partial charge in [-0.25, -0.2) is 9.97 Å². The van der Waals surface area contributed by atoms with Crippen molar-refractivity contribution in [2.75, 3.05) is 22.1 Å². The summed E-state index contributed by atoms with van der Waals surface area (Å²) in [5, 5.41) is 24.7. The molecule has 0 radical (unpaired) electrons. The van der Waals surface area contributed by atoms with Crippen molar-refractivity contribution in [3.8, 4) is 12.1 Å². The Morgan fingerprint density at radius 2 is 0.978 bits per heavy atom. The number of halogens is 6. The SMILES string of the molecule is Cc1c(SCC(F)(F)F)cnc(NCc2ccccc2)c1C#N.Cc1c(SCC(F)(F)F)cnc(NCc2ccccc2)c1C#N. The normalized spacial score (nSPS) is 11.1. The number of rotatable bonds is 10. The molecule has 0 aliphatic heterocycles. The lowest BCUT2D eigenvalue weighted by atomic mass is 10.1. The molecule has 0 saturated carbocycles. The van der Waals surface area contributed by atoms with Crippen LogP contribution in [-0.4, -0.2) is 33.8 Å². The standard InChI is InChI=1S/2C16H14F3N3S/c2*1-11-13(7-20)15(21-8-12-5-3-2-4-6-12)22-9-14(11)23-10-16(17,18)19/h2*2-6,9H,8,10H2,1H3,(H,21,22). The summed E-state index contributed by atoms with van der Waals surface area (Å²) in [6.07, 6.45) is -5.76. The van der Waals surface area contributed by atoms with Gasteiger partial charge in [-0.15, -0.1) is 23.5 Å². The summed E-state index contributed by atoms with van der Waals surface area (Å²) < 4.78 is 73.9. The van der Waals surface area contributed by atoms with Crippen molar-refractivity contribution in [3.05, 3.63) is 106 Å². The second kappa shape index (κ2) is 16.8. The molecule has 0 bridgehead atoms. The number of nitriles is 2. The third kappa shape index (κ3) is 11.5. The average Bonchev–Trinajstić information content (AvgIpc) is 3.02. The van der Waals surface area contributed by atoms with E-state index >= 15 is 0 Å². The van der Waals surface area contributed by atoms with Crippen LogP contribution in [0.15, 0.2) is 82.8 Å². The summed E-state index contributed by atoms with van der Waals surface area (Å²) >= 11 is 1.28. The van der Waals surface area contributed by atoms with Crippen molar-refractivity contribution in [2.45, 2.75) is 49.1 Å². The maximum absolute atomic E-state index is 12.3. The van der Waals surface area contributed by atoms with E-state index in [1.54, 1.807) is 13.8 Å². The number of alkyl halides is 6. The highest BCUT2D eigenvalue weighted by molar-refractivity contribution is 7.99. The fourth-order valence-electron chi connectivity index (χ4n) is 3.89. The van der Waals surface area contributed by atoms with Crippen molar-refractivity contribution >= 4 is 35.2 Å². The lowest BCUT2D eigenvalue weighted by Crippen LogP contribution is -2.11. The second-order valence-corrected chi connectivity index (χ2v) is 11.7. The van der Waals surface area contributed by atoms with E-state index in [4.69, 9.17) is 0 Å². The Balaban J connectivity index is 0.000000250. The number of hydrogen-bond donors (Lipinski definition) is 2. The summed E-state index contributed by atoms with van der Waals surface area (Å²) in [5.41, 5.74) is 3.60. The van der Waals surface area contributed by atoms with Crippen molar-refractivity contribution in [1.29, 1.82) is 10.5 Å². The molecule has 2 heterocycles. The Hall–Kier alpha value is -4.40. The summed E-state index contributed by atoms with van der Waals surface area (Å²) in [4.78, 5) is 8.94. The first-order valence-electron chi connectivity index (χ1n) is 13.6. The number of benzene rings is 2. The van der Waals surface area contributed by atoms with Crippen LogP contribution in [0.2, 0.25) is 0 Å². The first-order chi connectivity index (χ1) is 21.8. The lowest BCUT2D eigenvalue weighted by molar-refractivity contribution is -0.106. The largest absolute Gasteiger partial charge is 0.398 e. The maximum Gasteiger partial charge on any atom is 0.398 e. The Bertz CT molecular complexity index is 1540. The van der Waals surface area contributed by atoms with E-state index < -0.39 is 23.9 Å². The molecular formula is C32H28F6N6S2. The molecule has 240 valence electrons. The summed E-state index contributed by atoms with van der Waals surface area (Å²) in [7, 11) is 0. The number of pyridine rings is 2. The molecule has 0 amide bonds. The van der Waals surface area contributed by atoms with Crippen molar-refractivity contribution in [2.24, 2.45) is 0 Å². The first-order valence-corrected chi connectivity index (χ1v) is 15.5. The van der Waals surface area contributed by atoms with E-state index in [9.17, 15) is 36.9 Å². The first kappa shape index (κ1) is 36.1. The van der Waals surface area contributed by atoms with Crippen molar-refractivity contribution in [3.63, 3.8) is 0 Å². The zero-order valence-corrected chi connectivity index (χ0v) is 26.3. The molecule has 4 aromatic rings. The van der Waals surface area contributed by atoms with Gasteiger partial charge in [0.1, 0.15) is 23.8 Å². The molecule has 0 atom stereocenters. The molecule has 2 N–H and O–H groups in total. The topological polar surface area (TPSA) is 97.4 Å². The van der Waals surface area contributed by atoms with Crippen LogP contribution in [0.5, 0.6) is 0 Å². The molecular weight excluding hydrogens is 647 g/mol. The molecule has 0 aliphatic rings. The van der Waals surface area contributed by atoms with Crippen LogP contribution in [0.25, 0.3) is 0 Å². The molecule has 0 aliphatic carbocycles. The fraction of sp³-hybridized carbons (Fsp3) is 0.250. The number of aromatic nitrogens is 2. The Kier molecular flexibility index (Phi) is 13.2. The van der Waals surface area contributed by atoms with E-state index in [-0.39, 0.29) is 11.1 Å². The lowest BCUT2D eigenvalue weighted by Gasteiger charge is -2.13. The van der Waals surface area contributed by atoms with Gasteiger partial charge >= 0.3 is 12.4 Å². The maximum atomic E-state index is 12.3. The predicted molar refractivity (Wildman–Crippen MR) is 168 cm³/mol. The quantitative estimate of drug-likeness (QED) is 0.127. The second-order valence-electron chi connectivity index (χ2n) is 9.65. The Morgan fingerprint density at radius 1 is 0.630 bits per heavy atom. The average molecular weight is 675 g/mol. The van der Waals surface area contributed by atoms with Gasteiger partial charge in [0.05, 0.1) is 22.6 Å².